The van der Waals surface area contributed by atoms with Crippen molar-refractivity contribution < 1.29 is 9.13 Å². The molecule has 4 heteroatoms. The second-order valence-corrected chi connectivity index (χ2v) is 6.40. The van der Waals surface area contributed by atoms with Gasteiger partial charge in [-0.3, -0.25) is 4.79 Å². The van der Waals surface area contributed by atoms with Gasteiger partial charge in [0.05, 0.1) is 0 Å². The fraction of sp³-hybridized carbons (Fsp3) is 0.0417. The first-order valence-corrected chi connectivity index (χ1v) is 8.96. The highest BCUT2D eigenvalue weighted by Crippen LogP contribution is 2.30. The molecule has 4 aromatic rings. The van der Waals surface area contributed by atoms with Crippen molar-refractivity contribution in [2.45, 2.75) is 6.61 Å². The number of hydrogen-bond donors (Lipinski definition) is 1. The van der Waals surface area contributed by atoms with Gasteiger partial charge >= 0.3 is 0 Å². The summed E-state index contributed by atoms with van der Waals surface area (Å²) in [5.74, 6) is -0.962. The Labute approximate surface area is 162 Å². The van der Waals surface area contributed by atoms with Crippen LogP contribution in [0.1, 0.15) is 5.56 Å². The summed E-state index contributed by atoms with van der Waals surface area (Å²) in [4.78, 5) is 14.7. The van der Waals surface area contributed by atoms with Crippen LogP contribution < -0.4 is 10.3 Å². The van der Waals surface area contributed by atoms with Crippen molar-refractivity contribution in [1.29, 1.82) is 0 Å². The molecule has 0 aliphatic heterocycles. The summed E-state index contributed by atoms with van der Waals surface area (Å²) in [6.07, 6.45) is 1.39. The van der Waals surface area contributed by atoms with E-state index in [1.54, 1.807) is 0 Å². The van der Waals surface area contributed by atoms with E-state index in [9.17, 15) is 4.79 Å². The molecule has 0 spiro atoms. The molecule has 0 atom stereocenters. The predicted molar refractivity (Wildman–Crippen MR) is 109 cm³/mol. The van der Waals surface area contributed by atoms with Crippen molar-refractivity contribution in [2.75, 3.05) is 0 Å². The predicted octanol–water partition coefficient (Wildman–Crippen LogP) is 5.43. The number of aromatic nitrogens is 1. The number of hydrogen-bond acceptors (Lipinski definition) is 2. The summed E-state index contributed by atoms with van der Waals surface area (Å²) < 4.78 is 20.6. The van der Waals surface area contributed by atoms with Crippen LogP contribution >= 0.6 is 0 Å². The second-order valence-electron chi connectivity index (χ2n) is 6.40. The molecule has 0 unspecified atom stereocenters. The third kappa shape index (κ3) is 3.71. The lowest BCUT2D eigenvalue weighted by molar-refractivity contribution is 0.286. The molecule has 0 aliphatic carbocycles. The largest absolute Gasteiger partial charge is 0.481 e. The Morgan fingerprint density at radius 3 is 2.18 bits per heavy atom. The molecule has 1 N–H and O–H groups in total. The molecule has 28 heavy (non-hydrogen) atoms. The van der Waals surface area contributed by atoms with Crippen molar-refractivity contribution in [2.24, 2.45) is 0 Å². The molecule has 138 valence electrons. The number of pyridine rings is 1. The van der Waals surface area contributed by atoms with Gasteiger partial charge in [-0.2, -0.15) is 0 Å². The van der Waals surface area contributed by atoms with E-state index in [0.29, 0.717) is 11.1 Å². The number of ether oxygens (including phenoxy) is 1. The standard InChI is InChI=1S/C24H18FNO2/c25-22-21(20-13-7-12-19(14-20)18-10-5-2-6-11-18)15-26-24(27)23(22)28-16-17-8-3-1-4-9-17/h1-15H,16H2,(H,26,27). The first-order chi connectivity index (χ1) is 13.7. The zero-order valence-corrected chi connectivity index (χ0v) is 15.1. The summed E-state index contributed by atoms with van der Waals surface area (Å²) in [6, 6.07) is 26.7. The summed E-state index contributed by atoms with van der Waals surface area (Å²) in [7, 11) is 0. The van der Waals surface area contributed by atoms with Crippen LogP contribution in [0.4, 0.5) is 4.39 Å². The van der Waals surface area contributed by atoms with E-state index in [1.807, 2.05) is 84.9 Å². The van der Waals surface area contributed by atoms with Crippen LogP contribution in [-0.4, -0.2) is 4.98 Å². The van der Waals surface area contributed by atoms with E-state index < -0.39 is 11.4 Å². The highest BCUT2D eigenvalue weighted by atomic mass is 19.1. The third-order valence-electron chi connectivity index (χ3n) is 4.50. The van der Waals surface area contributed by atoms with Gasteiger partial charge in [-0.25, -0.2) is 4.39 Å². The SMILES string of the molecule is O=c1[nH]cc(-c2cccc(-c3ccccc3)c2)c(F)c1OCc1ccccc1. The van der Waals surface area contributed by atoms with Crippen molar-refractivity contribution in [3.05, 3.63) is 113 Å². The molecule has 0 radical (unpaired) electrons. The lowest BCUT2D eigenvalue weighted by Crippen LogP contribution is -2.13. The zero-order valence-electron chi connectivity index (χ0n) is 15.1. The Balaban J connectivity index is 1.68. The molecule has 3 nitrogen and oxygen atoms in total. The Bertz CT molecular complexity index is 1140. The number of aromatic amines is 1. The minimum absolute atomic E-state index is 0.119. The van der Waals surface area contributed by atoms with Crippen LogP contribution in [0.3, 0.4) is 0 Å². The molecule has 0 fully saturated rings. The molecule has 0 aliphatic rings. The second kappa shape index (κ2) is 7.92. The van der Waals surface area contributed by atoms with Gasteiger partial charge < -0.3 is 9.72 Å². The Morgan fingerprint density at radius 2 is 1.43 bits per heavy atom. The van der Waals surface area contributed by atoms with Crippen molar-refractivity contribution in [1.82, 2.24) is 4.98 Å². The maximum absolute atomic E-state index is 15.1. The van der Waals surface area contributed by atoms with E-state index in [2.05, 4.69) is 4.98 Å². The number of nitrogens with one attached hydrogen (secondary N) is 1. The zero-order chi connectivity index (χ0) is 19.3. The summed E-state index contributed by atoms with van der Waals surface area (Å²) in [5, 5.41) is 0. The van der Waals surface area contributed by atoms with E-state index in [-0.39, 0.29) is 12.4 Å². The molecule has 0 saturated heterocycles. The molecular formula is C24H18FNO2. The molecule has 0 bridgehead atoms. The van der Waals surface area contributed by atoms with Crippen LogP contribution in [0, 0.1) is 5.82 Å². The van der Waals surface area contributed by atoms with E-state index in [1.165, 1.54) is 6.20 Å². The lowest BCUT2D eigenvalue weighted by atomic mass is 10.00. The van der Waals surface area contributed by atoms with Gasteiger partial charge in [0.1, 0.15) is 6.61 Å². The maximum atomic E-state index is 15.1. The summed E-state index contributed by atoms with van der Waals surface area (Å²) in [6.45, 7) is 0.119. The first kappa shape index (κ1) is 17.7. The van der Waals surface area contributed by atoms with Crippen molar-refractivity contribution in [3.8, 4) is 28.0 Å². The highest BCUT2D eigenvalue weighted by Gasteiger charge is 2.16. The number of rotatable bonds is 5. The molecule has 3 aromatic carbocycles. The maximum Gasteiger partial charge on any atom is 0.293 e. The van der Waals surface area contributed by atoms with Gasteiger partial charge in [0, 0.05) is 11.8 Å². The van der Waals surface area contributed by atoms with E-state index in [4.69, 9.17) is 4.74 Å². The van der Waals surface area contributed by atoms with Gasteiger partial charge in [0.25, 0.3) is 5.56 Å². The monoisotopic (exact) mass is 371 g/mol. The van der Waals surface area contributed by atoms with E-state index in [0.717, 1.165) is 16.7 Å². The van der Waals surface area contributed by atoms with Crippen LogP contribution in [0.5, 0.6) is 5.75 Å². The lowest BCUT2D eigenvalue weighted by Gasteiger charge is -2.11. The number of benzene rings is 3. The minimum Gasteiger partial charge on any atom is -0.481 e. The van der Waals surface area contributed by atoms with Crippen molar-refractivity contribution in [3.63, 3.8) is 0 Å². The van der Waals surface area contributed by atoms with Crippen LogP contribution in [0.25, 0.3) is 22.3 Å². The molecule has 0 amide bonds. The summed E-state index contributed by atoms with van der Waals surface area (Å²) in [5.41, 5.74) is 3.24. The van der Waals surface area contributed by atoms with Gasteiger partial charge in [0.2, 0.25) is 5.75 Å². The van der Waals surface area contributed by atoms with Gasteiger partial charge in [0.15, 0.2) is 5.82 Å². The minimum atomic E-state index is -0.662. The quantitative estimate of drug-likeness (QED) is 0.508. The van der Waals surface area contributed by atoms with E-state index >= 15 is 4.39 Å². The normalized spacial score (nSPS) is 10.6. The van der Waals surface area contributed by atoms with Crippen LogP contribution in [-0.2, 0) is 6.61 Å². The molecule has 0 saturated carbocycles. The Morgan fingerprint density at radius 1 is 0.786 bits per heavy atom. The number of halogens is 1. The van der Waals surface area contributed by atoms with Gasteiger partial charge in [-0.1, -0.05) is 78.9 Å². The highest BCUT2D eigenvalue weighted by molar-refractivity contribution is 5.73. The topological polar surface area (TPSA) is 42.1 Å². The molecule has 4 rings (SSSR count). The van der Waals surface area contributed by atoms with Gasteiger partial charge in [-0.05, 0) is 28.3 Å². The Hall–Kier alpha value is -3.66. The Kier molecular flexibility index (Phi) is 5.02. The average molecular weight is 371 g/mol. The van der Waals surface area contributed by atoms with Crippen LogP contribution in [0.15, 0.2) is 95.9 Å². The molecule has 1 heterocycles. The fourth-order valence-corrected chi connectivity index (χ4v) is 3.05. The number of H-pyrrole nitrogens is 1. The van der Waals surface area contributed by atoms with Crippen molar-refractivity contribution >= 4 is 0 Å². The first-order valence-electron chi connectivity index (χ1n) is 8.96. The molecule has 1 aromatic heterocycles. The smallest absolute Gasteiger partial charge is 0.293 e. The average Bonchev–Trinajstić information content (AvgIpc) is 2.75. The molecular weight excluding hydrogens is 353 g/mol. The fourth-order valence-electron chi connectivity index (χ4n) is 3.05. The third-order valence-corrected chi connectivity index (χ3v) is 4.50. The van der Waals surface area contributed by atoms with Gasteiger partial charge in [-0.15, -0.1) is 0 Å². The van der Waals surface area contributed by atoms with Crippen LogP contribution in [0.2, 0.25) is 0 Å². The summed E-state index contributed by atoms with van der Waals surface area (Å²) >= 11 is 0.